The van der Waals surface area contributed by atoms with Crippen LogP contribution in [0, 0.1) is 0 Å². The SMILES string of the molecule is C[Si](C)(C)CCOCn1cc(C(=O)O)c2nc(-n3ncc4cc(Cl)c(Cl)cc43)cnc21. The van der Waals surface area contributed by atoms with Gasteiger partial charge in [-0.15, -0.1) is 0 Å². The van der Waals surface area contributed by atoms with Crippen LogP contribution in [0.25, 0.3) is 27.9 Å². The Kier molecular flexibility index (Phi) is 5.78. The number of carboxylic acids is 1. The molecule has 0 unspecified atom stereocenters. The predicted molar refractivity (Wildman–Crippen MR) is 123 cm³/mol. The van der Waals surface area contributed by atoms with Crippen LogP contribution in [0.5, 0.6) is 0 Å². The maximum atomic E-state index is 11.8. The van der Waals surface area contributed by atoms with Gasteiger partial charge in [0.15, 0.2) is 11.5 Å². The third-order valence-electron chi connectivity index (χ3n) is 4.84. The van der Waals surface area contributed by atoms with Crippen molar-refractivity contribution in [1.82, 2.24) is 24.3 Å². The monoisotopic (exact) mass is 477 g/mol. The van der Waals surface area contributed by atoms with Crippen LogP contribution in [0.3, 0.4) is 0 Å². The first-order valence-electron chi connectivity index (χ1n) is 9.64. The normalized spacial score (nSPS) is 12.2. The highest BCUT2D eigenvalue weighted by atomic mass is 35.5. The Hall–Kier alpha value is -2.46. The summed E-state index contributed by atoms with van der Waals surface area (Å²) in [5, 5.41) is 15.6. The molecule has 31 heavy (non-hydrogen) atoms. The van der Waals surface area contributed by atoms with Gasteiger partial charge < -0.3 is 14.4 Å². The first kappa shape index (κ1) is 21.8. The summed E-state index contributed by atoms with van der Waals surface area (Å²) < 4.78 is 8.99. The van der Waals surface area contributed by atoms with Gasteiger partial charge in [-0.05, 0) is 18.2 Å². The first-order chi connectivity index (χ1) is 14.6. The van der Waals surface area contributed by atoms with Crippen LogP contribution in [0.4, 0.5) is 0 Å². The van der Waals surface area contributed by atoms with Crippen LogP contribution in [0.15, 0.2) is 30.7 Å². The van der Waals surface area contributed by atoms with Gasteiger partial charge in [0.2, 0.25) is 0 Å². The van der Waals surface area contributed by atoms with Gasteiger partial charge in [-0.1, -0.05) is 42.8 Å². The fourth-order valence-electron chi connectivity index (χ4n) is 3.14. The number of rotatable bonds is 7. The molecule has 0 aliphatic rings. The number of fused-ring (bicyclic) bond motifs is 2. The predicted octanol–water partition coefficient (Wildman–Crippen LogP) is 5.09. The van der Waals surface area contributed by atoms with Gasteiger partial charge in [0.25, 0.3) is 0 Å². The topological polar surface area (TPSA) is 95.1 Å². The highest BCUT2D eigenvalue weighted by Crippen LogP contribution is 2.29. The van der Waals surface area contributed by atoms with Crippen molar-refractivity contribution < 1.29 is 14.6 Å². The van der Waals surface area contributed by atoms with Crippen LogP contribution in [0.2, 0.25) is 35.7 Å². The summed E-state index contributed by atoms with van der Waals surface area (Å²) >= 11 is 12.2. The van der Waals surface area contributed by atoms with Crippen LogP contribution in [0.1, 0.15) is 10.4 Å². The van der Waals surface area contributed by atoms with Crippen LogP contribution < -0.4 is 0 Å². The number of aromatic nitrogens is 5. The molecule has 11 heteroatoms. The molecule has 0 saturated heterocycles. The van der Waals surface area contributed by atoms with Gasteiger partial charge in [-0.2, -0.15) is 5.10 Å². The minimum Gasteiger partial charge on any atom is -0.478 e. The number of nitrogens with zero attached hydrogens (tertiary/aromatic N) is 5. The molecule has 162 valence electrons. The minimum atomic E-state index is -1.21. The van der Waals surface area contributed by atoms with Crippen LogP contribution >= 0.6 is 23.2 Å². The van der Waals surface area contributed by atoms with Crippen molar-refractivity contribution in [3.05, 3.63) is 46.3 Å². The summed E-state index contributed by atoms with van der Waals surface area (Å²) in [4.78, 5) is 20.8. The standard InChI is InChI=1S/C20H21Cl2N5O3Si/c1-31(2,3)5-4-30-11-26-10-13(20(28)29)18-19(26)23-9-17(25-18)27-16-7-15(22)14(21)6-12(16)8-24-27/h6-10H,4-5,11H2,1-3H3,(H,28,29). The molecule has 1 N–H and O–H groups in total. The second-order valence-corrected chi connectivity index (χ2v) is 14.9. The molecule has 8 nitrogen and oxygen atoms in total. The van der Waals surface area contributed by atoms with E-state index in [0.29, 0.717) is 33.6 Å². The fraction of sp³-hybridized carbons (Fsp3) is 0.300. The zero-order chi connectivity index (χ0) is 22.3. The maximum Gasteiger partial charge on any atom is 0.339 e. The Bertz CT molecular complexity index is 1300. The number of halogens is 2. The van der Waals surface area contributed by atoms with Gasteiger partial charge in [0.05, 0.1) is 28.0 Å². The Morgan fingerprint density at radius 2 is 1.94 bits per heavy atom. The third-order valence-corrected chi connectivity index (χ3v) is 7.26. The van der Waals surface area contributed by atoms with E-state index in [-0.39, 0.29) is 17.8 Å². The van der Waals surface area contributed by atoms with E-state index in [1.54, 1.807) is 33.8 Å². The van der Waals surface area contributed by atoms with Crippen LogP contribution in [-0.4, -0.2) is 50.1 Å². The molecule has 0 radical (unpaired) electrons. The van der Waals surface area contributed by atoms with Crippen LogP contribution in [-0.2, 0) is 11.5 Å². The highest BCUT2D eigenvalue weighted by Gasteiger charge is 2.19. The van der Waals surface area contributed by atoms with Crippen molar-refractivity contribution in [2.24, 2.45) is 0 Å². The van der Waals surface area contributed by atoms with E-state index in [1.807, 2.05) is 0 Å². The molecule has 3 heterocycles. The number of aromatic carboxylic acids is 1. The van der Waals surface area contributed by atoms with Gasteiger partial charge in [0.1, 0.15) is 17.8 Å². The number of carbonyl (C=O) groups is 1. The van der Waals surface area contributed by atoms with E-state index in [2.05, 4.69) is 34.7 Å². The summed E-state index contributed by atoms with van der Waals surface area (Å²) in [6, 6.07) is 4.42. The number of carboxylic acid groups (broad SMARTS) is 1. The smallest absolute Gasteiger partial charge is 0.339 e. The second-order valence-electron chi connectivity index (χ2n) is 8.45. The molecule has 0 saturated carbocycles. The lowest BCUT2D eigenvalue weighted by Crippen LogP contribution is -2.22. The molecule has 0 bridgehead atoms. The first-order valence-corrected chi connectivity index (χ1v) is 14.1. The zero-order valence-corrected chi connectivity index (χ0v) is 19.8. The van der Waals surface area contributed by atoms with Crippen molar-refractivity contribution in [1.29, 1.82) is 0 Å². The quantitative estimate of drug-likeness (QED) is 0.294. The largest absolute Gasteiger partial charge is 0.478 e. The van der Waals surface area contributed by atoms with E-state index in [4.69, 9.17) is 27.9 Å². The minimum absolute atomic E-state index is 0.0516. The van der Waals surface area contributed by atoms with E-state index in [0.717, 1.165) is 11.4 Å². The fourth-order valence-corrected chi connectivity index (χ4v) is 4.23. The van der Waals surface area contributed by atoms with Crippen molar-refractivity contribution in [2.75, 3.05) is 6.61 Å². The van der Waals surface area contributed by atoms with Gasteiger partial charge in [0, 0.05) is 26.3 Å². The maximum absolute atomic E-state index is 11.8. The summed E-state index contributed by atoms with van der Waals surface area (Å²) in [5.74, 6) is -0.710. The lowest BCUT2D eigenvalue weighted by atomic mass is 10.2. The van der Waals surface area contributed by atoms with E-state index in [1.165, 1.54) is 6.20 Å². The Balaban J connectivity index is 1.71. The number of ether oxygens (including phenoxy) is 1. The van der Waals surface area contributed by atoms with Gasteiger partial charge >= 0.3 is 5.97 Å². The van der Waals surface area contributed by atoms with Crippen molar-refractivity contribution in [2.45, 2.75) is 32.4 Å². The number of hydrogen-bond acceptors (Lipinski definition) is 5. The van der Waals surface area contributed by atoms with Crippen molar-refractivity contribution in [3.8, 4) is 5.82 Å². The molecular formula is C20H21Cl2N5O3Si. The molecule has 0 aliphatic heterocycles. The number of hydrogen-bond donors (Lipinski definition) is 1. The average Bonchev–Trinajstić information content (AvgIpc) is 3.26. The molecule has 3 aromatic heterocycles. The molecule has 4 aromatic rings. The third kappa shape index (κ3) is 4.45. The van der Waals surface area contributed by atoms with E-state index < -0.39 is 14.0 Å². The average molecular weight is 478 g/mol. The van der Waals surface area contributed by atoms with E-state index in [9.17, 15) is 9.90 Å². The molecular weight excluding hydrogens is 457 g/mol. The Morgan fingerprint density at radius 3 is 2.65 bits per heavy atom. The lowest BCUT2D eigenvalue weighted by Gasteiger charge is -2.15. The lowest BCUT2D eigenvalue weighted by molar-refractivity contribution is 0.0696. The number of benzene rings is 1. The molecule has 0 amide bonds. The summed E-state index contributed by atoms with van der Waals surface area (Å²) in [5.41, 5.74) is 1.44. The van der Waals surface area contributed by atoms with E-state index >= 15 is 0 Å². The molecule has 0 aliphatic carbocycles. The molecule has 4 rings (SSSR count). The van der Waals surface area contributed by atoms with Gasteiger partial charge in [-0.25, -0.2) is 19.4 Å². The van der Waals surface area contributed by atoms with Gasteiger partial charge in [-0.3, -0.25) is 0 Å². The summed E-state index contributed by atoms with van der Waals surface area (Å²) in [6.45, 7) is 7.65. The zero-order valence-electron chi connectivity index (χ0n) is 17.3. The molecule has 0 fully saturated rings. The summed E-state index contributed by atoms with van der Waals surface area (Å²) in [6.07, 6.45) is 4.68. The van der Waals surface area contributed by atoms with Crippen molar-refractivity contribution in [3.63, 3.8) is 0 Å². The molecule has 0 spiro atoms. The Labute approximate surface area is 189 Å². The molecule has 1 aromatic carbocycles. The van der Waals surface area contributed by atoms with Crippen molar-refractivity contribution >= 4 is 59.3 Å². The summed E-state index contributed by atoms with van der Waals surface area (Å²) in [7, 11) is -1.21. The second kappa shape index (κ2) is 8.23. The molecule has 0 atom stereocenters. The highest BCUT2D eigenvalue weighted by molar-refractivity contribution is 6.76. The Morgan fingerprint density at radius 1 is 1.19 bits per heavy atom.